The van der Waals surface area contributed by atoms with Gasteiger partial charge in [0.2, 0.25) is 5.78 Å². The number of hydrogen-bond donors (Lipinski definition) is 2. The molecule has 0 radical (unpaired) electrons. The molecule has 8 nitrogen and oxygen atoms in total. The summed E-state index contributed by atoms with van der Waals surface area (Å²) in [7, 11) is 0. The number of ether oxygens (including phenoxy) is 1. The molecule has 0 unspecified atom stereocenters. The monoisotopic (exact) mass is 481 g/mol. The fourth-order valence-corrected chi connectivity index (χ4v) is 4.41. The first kappa shape index (κ1) is 23.0. The third kappa shape index (κ3) is 4.13. The van der Waals surface area contributed by atoms with E-state index in [1.165, 1.54) is 12.1 Å². The normalized spacial score (nSPS) is 12.0. The molecule has 0 amide bonds. The highest BCUT2D eigenvalue weighted by molar-refractivity contribution is 6.11. The molecule has 0 fully saturated rings. The largest absolute Gasteiger partial charge is 0.448 e. The number of aromatic nitrogens is 3. The Hall–Kier alpha value is -4.72. The molecule has 0 aliphatic carbocycles. The van der Waals surface area contributed by atoms with Crippen molar-refractivity contribution in [3.8, 4) is 0 Å². The van der Waals surface area contributed by atoms with Crippen LogP contribution < -0.4 is 11.1 Å². The number of nitrogens with zero attached hydrogens (tertiary/aromatic N) is 1. The number of rotatable bonds is 7. The van der Waals surface area contributed by atoms with Crippen LogP contribution in [0.5, 0.6) is 0 Å². The molecule has 0 aliphatic rings. The van der Waals surface area contributed by atoms with Crippen LogP contribution in [0.15, 0.2) is 88.6 Å². The summed E-state index contributed by atoms with van der Waals surface area (Å²) in [4.78, 5) is 55.0. The number of esters is 1. The van der Waals surface area contributed by atoms with Crippen molar-refractivity contribution in [3.05, 3.63) is 116 Å². The van der Waals surface area contributed by atoms with Gasteiger partial charge >= 0.3 is 5.97 Å². The lowest BCUT2D eigenvalue weighted by atomic mass is 9.98. The van der Waals surface area contributed by atoms with Crippen molar-refractivity contribution in [2.45, 2.75) is 26.0 Å². The van der Waals surface area contributed by atoms with Gasteiger partial charge in [0.25, 0.3) is 11.1 Å². The highest BCUT2D eigenvalue weighted by Gasteiger charge is 2.28. The number of hydrogen-bond acceptors (Lipinski definition) is 5. The second-order valence-corrected chi connectivity index (χ2v) is 8.42. The molecule has 36 heavy (non-hydrogen) atoms. The van der Waals surface area contributed by atoms with Crippen molar-refractivity contribution in [2.75, 3.05) is 0 Å². The topological polar surface area (TPSA) is 114 Å². The average Bonchev–Trinajstić information content (AvgIpc) is 3.35. The number of benzene rings is 3. The van der Waals surface area contributed by atoms with Gasteiger partial charge in [0.05, 0.1) is 10.8 Å². The van der Waals surface area contributed by atoms with E-state index in [0.717, 1.165) is 27.6 Å². The van der Waals surface area contributed by atoms with E-state index < -0.39 is 35.5 Å². The van der Waals surface area contributed by atoms with Gasteiger partial charge < -0.3 is 9.72 Å². The minimum absolute atomic E-state index is 0.190. The fourth-order valence-electron chi connectivity index (χ4n) is 4.41. The molecular weight excluding hydrogens is 458 g/mol. The second kappa shape index (κ2) is 9.50. The Bertz CT molecular complexity index is 1710. The van der Waals surface area contributed by atoms with Crippen molar-refractivity contribution in [3.63, 3.8) is 0 Å². The standard InChI is InChI=1S/C28H23N3O5/c1-2-17-11-8-14-19-22(15-29-24(17)19)25(33)26(18-9-4-3-5-10-18)36-23(32)16-31-28(35)21-13-7-6-12-20(21)27(34)30-31/h3-15,26,29H,2,16H2,1H3,(H,30,34)/t26-/m1/s1. The highest BCUT2D eigenvalue weighted by Crippen LogP contribution is 2.29. The maximum atomic E-state index is 13.7. The molecule has 2 heterocycles. The Labute approximate surface area is 205 Å². The number of para-hydroxylation sites is 1. The fraction of sp³-hybridized carbons (Fsp3) is 0.143. The summed E-state index contributed by atoms with van der Waals surface area (Å²) in [6.45, 7) is 1.48. The first-order valence-corrected chi connectivity index (χ1v) is 11.6. The van der Waals surface area contributed by atoms with E-state index in [1.54, 1.807) is 48.7 Å². The third-order valence-corrected chi connectivity index (χ3v) is 6.21. The van der Waals surface area contributed by atoms with Crippen LogP contribution in [0, 0.1) is 0 Å². The second-order valence-electron chi connectivity index (χ2n) is 8.42. The number of Topliss-reactive ketones (excluding diaryl/α,β-unsaturated/α-hetero) is 1. The number of nitrogens with one attached hydrogen (secondary N) is 2. The predicted molar refractivity (Wildman–Crippen MR) is 136 cm³/mol. The minimum atomic E-state index is -1.23. The summed E-state index contributed by atoms with van der Waals surface area (Å²) < 4.78 is 6.56. The summed E-state index contributed by atoms with van der Waals surface area (Å²) in [5, 5.41) is 3.58. The molecule has 1 atom stereocenters. The number of carbonyl (C=O) groups excluding carboxylic acids is 2. The molecule has 0 spiro atoms. The first-order chi connectivity index (χ1) is 17.5. The van der Waals surface area contributed by atoms with Gasteiger partial charge in [0, 0.05) is 28.2 Å². The molecule has 2 aromatic heterocycles. The predicted octanol–water partition coefficient (Wildman–Crippen LogP) is 3.90. The molecule has 3 aromatic carbocycles. The Balaban J connectivity index is 1.49. The number of fused-ring (bicyclic) bond motifs is 2. The van der Waals surface area contributed by atoms with Crippen LogP contribution in [0.25, 0.3) is 21.7 Å². The van der Waals surface area contributed by atoms with Crippen molar-refractivity contribution in [1.82, 2.24) is 14.8 Å². The number of carbonyl (C=O) groups is 2. The summed E-state index contributed by atoms with van der Waals surface area (Å²) in [6, 6.07) is 20.8. The molecule has 8 heteroatoms. The molecule has 180 valence electrons. The highest BCUT2D eigenvalue weighted by atomic mass is 16.5. The van der Waals surface area contributed by atoms with Gasteiger partial charge in [-0.2, -0.15) is 0 Å². The molecule has 2 N–H and O–H groups in total. The summed E-state index contributed by atoms with van der Waals surface area (Å²) >= 11 is 0. The van der Waals surface area contributed by atoms with Crippen LogP contribution in [-0.4, -0.2) is 26.5 Å². The molecule has 0 aliphatic heterocycles. The number of ketones is 1. The van der Waals surface area contributed by atoms with Gasteiger partial charge in [-0.1, -0.05) is 67.6 Å². The third-order valence-electron chi connectivity index (χ3n) is 6.21. The van der Waals surface area contributed by atoms with Gasteiger partial charge in [-0.3, -0.25) is 24.3 Å². The molecule has 5 aromatic rings. The SMILES string of the molecule is CCc1cccc2c(C(=O)[C@H](OC(=O)Cn3[nH]c(=O)c4ccccc4c3=O)c3ccccc3)c[nH]c12. The zero-order valence-corrected chi connectivity index (χ0v) is 19.5. The van der Waals surface area contributed by atoms with Crippen LogP contribution in [0.4, 0.5) is 0 Å². The van der Waals surface area contributed by atoms with Gasteiger partial charge in [0.1, 0.15) is 6.54 Å². The van der Waals surface area contributed by atoms with Crippen molar-refractivity contribution in [1.29, 1.82) is 0 Å². The maximum Gasteiger partial charge on any atom is 0.328 e. The van der Waals surface area contributed by atoms with Gasteiger partial charge in [-0.05, 0) is 24.1 Å². The number of aromatic amines is 2. The van der Waals surface area contributed by atoms with Crippen LogP contribution in [0.2, 0.25) is 0 Å². The van der Waals surface area contributed by atoms with Crippen LogP contribution in [0.1, 0.15) is 34.5 Å². The molecule has 0 saturated heterocycles. The summed E-state index contributed by atoms with van der Waals surface area (Å²) in [6.07, 6.45) is 1.19. The van der Waals surface area contributed by atoms with Crippen molar-refractivity contribution < 1.29 is 14.3 Å². The minimum Gasteiger partial charge on any atom is -0.448 e. The molecule has 0 saturated carbocycles. The summed E-state index contributed by atoms with van der Waals surface area (Å²) in [5.74, 6) is -1.23. The first-order valence-electron chi connectivity index (χ1n) is 11.6. The van der Waals surface area contributed by atoms with Gasteiger partial charge in [0.15, 0.2) is 6.10 Å². The lowest BCUT2D eigenvalue weighted by Crippen LogP contribution is -2.33. The van der Waals surface area contributed by atoms with E-state index in [-0.39, 0.29) is 10.8 Å². The average molecular weight is 482 g/mol. The zero-order chi connectivity index (χ0) is 25.2. The molecule has 5 rings (SSSR count). The Kier molecular flexibility index (Phi) is 6.08. The van der Waals surface area contributed by atoms with E-state index in [0.29, 0.717) is 11.1 Å². The summed E-state index contributed by atoms with van der Waals surface area (Å²) in [5.41, 5.74) is 1.79. The van der Waals surface area contributed by atoms with E-state index >= 15 is 0 Å². The van der Waals surface area contributed by atoms with Crippen molar-refractivity contribution in [2.24, 2.45) is 0 Å². The van der Waals surface area contributed by atoms with Crippen LogP contribution in [-0.2, 0) is 22.5 Å². The Morgan fingerprint density at radius 3 is 2.33 bits per heavy atom. The maximum absolute atomic E-state index is 13.7. The van der Waals surface area contributed by atoms with Gasteiger partial charge in [-0.25, -0.2) is 4.68 Å². The van der Waals surface area contributed by atoms with Crippen molar-refractivity contribution >= 4 is 33.4 Å². The molecular formula is C28H23N3O5. The Morgan fingerprint density at radius 1 is 0.889 bits per heavy atom. The quantitative estimate of drug-likeness (QED) is 0.270. The van der Waals surface area contributed by atoms with E-state index in [1.807, 2.05) is 25.1 Å². The van der Waals surface area contributed by atoms with E-state index in [2.05, 4.69) is 10.1 Å². The lowest BCUT2D eigenvalue weighted by molar-refractivity contribution is -0.148. The van der Waals surface area contributed by atoms with Crippen LogP contribution in [0.3, 0.4) is 0 Å². The zero-order valence-electron chi connectivity index (χ0n) is 19.5. The number of H-pyrrole nitrogens is 2. The number of aryl methyl sites for hydroxylation is 1. The van der Waals surface area contributed by atoms with Crippen LogP contribution >= 0.6 is 0 Å². The smallest absolute Gasteiger partial charge is 0.328 e. The lowest BCUT2D eigenvalue weighted by Gasteiger charge is -2.17. The van der Waals surface area contributed by atoms with E-state index in [9.17, 15) is 19.2 Å². The van der Waals surface area contributed by atoms with E-state index in [4.69, 9.17) is 4.74 Å². The molecule has 0 bridgehead atoms. The Morgan fingerprint density at radius 2 is 1.58 bits per heavy atom. The van der Waals surface area contributed by atoms with Gasteiger partial charge in [-0.15, -0.1) is 0 Å².